The van der Waals surface area contributed by atoms with E-state index >= 15 is 0 Å². The van der Waals surface area contributed by atoms with Gasteiger partial charge in [0.25, 0.3) is 11.8 Å². The molecule has 2 aliphatic rings. The number of carbonyl (C=O) groups is 2. The van der Waals surface area contributed by atoms with E-state index in [1.807, 2.05) is 13.8 Å². The van der Waals surface area contributed by atoms with E-state index in [2.05, 4.69) is 30.2 Å². The average Bonchev–Trinajstić information content (AvgIpc) is 3.41. The van der Waals surface area contributed by atoms with Crippen LogP contribution < -0.4 is 20.7 Å². The van der Waals surface area contributed by atoms with Crippen molar-refractivity contribution in [1.82, 2.24) is 30.2 Å². The van der Waals surface area contributed by atoms with Gasteiger partial charge in [-0.2, -0.15) is 4.98 Å². The van der Waals surface area contributed by atoms with E-state index in [-0.39, 0.29) is 47.4 Å². The average molecular weight is 625 g/mol. The quantitative estimate of drug-likeness (QED) is 0.204. The molecular formula is C30H37ClN8O5. The van der Waals surface area contributed by atoms with Crippen molar-refractivity contribution in [2.75, 3.05) is 57.1 Å². The summed E-state index contributed by atoms with van der Waals surface area (Å²) in [6.45, 7) is 10.7. The van der Waals surface area contributed by atoms with Crippen molar-refractivity contribution in [3.05, 3.63) is 56.2 Å². The fraction of sp³-hybridized carbons (Fsp3) is 0.433. The maximum Gasteiger partial charge on any atom is 0.260 e. The number of nitrogens with one attached hydrogen (secondary N) is 2. The van der Waals surface area contributed by atoms with E-state index in [0.29, 0.717) is 59.3 Å². The molecule has 3 aromatic heterocycles. The van der Waals surface area contributed by atoms with Gasteiger partial charge in [-0.3, -0.25) is 24.4 Å². The standard InChI is InChI=1S/C30H37ClN8O5/c1-15-11-33-22(17(3)25(15)43-5)14-39-27-24(26(31)36-30(32)37-27)20(29(39)42)10-21-16(2)23(18(4)35-21)28(41)34-12-19(40)13-38-6-8-44-9-7-38/h10-11,19,35,40H,6-9,12-14H2,1-5H3,(H,34,41)(H2,32,36,37). The Morgan fingerprint density at radius 2 is 1.98 bits per heavy atom. The molecule has 2 amide bonds. The largest absolute Gasteiger partial charge is 0.496 e. The summed E-state index contributed by atoms with van der Waals surface area (Å²) in [6, 6.07) is 0. The number of pyridine rings is 1. The first-order chi connectivity index (χ1) is 21.0. The number of aryl methyl sites for hydroxylation is 2. The number of hydrogen-bond acceptors (Lipinski definition) is 10. The first-order valence-corrected chi connectivity index (χ1v) is 14.7. The molecule has 234 valence electrons. The van der Waals surface area contributed by atoms with Gasteiger partial charge in [0.2, 0.25) is 5.95 Å². The van der Waals surface area contributed by atoms with Crippen molar-refractivity contribution in [2.24, 2.45) is 0 Å². The predicted molar refractivity (Wildman–Crippen MR) is 167 cm³/mol. The van der Waals surface area contributed by atoms with Gasteiger partial charge in [0, 0.05) is 54.9 Å². The van der Waals surface area contributed by atoms with Crippen LogP contribution in [-0.4, -0.2) is 94.4 Å². The predicted octanol–water partition coefficient (Wildman–Crippen LogP) is 2.19. The van der Waals surface area contributed by atoms with Crippen LogP contribution in [0.4, 0.5) is 11.8 Å². The van der Waals surface area contributed by atoms with Crippen molar-refractivity contribution in [3.63, 3.8) is 0 Å². The minimum Gasteiger partial charge on any atom is -0.496 e. The monoisotopic (exact) mass is 624 g/mol. The van der Waals surface area contributed by atoms with Crippen LogP contribution in [0.1, 0.15) is 49.7 Å². The molecule has 14 heteroatoms. The van der Waals surface area contributed by atoms with Gasteiger partial charge in [0.15, 0.2) is 5.82 Å². The number of morpholine rings is 1. The third kappa shape index (κ3) is 6.13. The topological polar surface area (TPSA) is 172 Å². The summed E-state index contributed by atoms with van der Waals surface area (Å²) in [4.78, 5) is 46.9. The summed E-state index contributed by atoms with van der Waals surface area (Å²) < 4.78 is 10.9. The van der Waals surface area contributed by atoms with Crippen molar-refractivity contribution in [2.45, 2.75) is 40.3 Å². The Kier molecular flexibility index (Phi) is 9.20. The lowest BCUT2D eigenvalue weighted by atomic mass is 10.1. The summed E-state index contributed by atoms with van der Waals surface area (Å²) in [5.41, 5.74) is 11.1. The molecule has 0 spiro atoms. The van der Waals surface area contributed by atoms with Crippen LogP contribution >= 0.6 is 11.6 Å². The van der Waals surface area contributed by atoms with E-state index in [9.17, 15) is 14.7 Å². The number of methoxy groups -OCH3 is 1. The Morgan fingerprint density at radius 3 is 2.68 bits per heavy atom. The van der Waals surface area contributed by atoms with Gasteiger partial charge in [-0.1, -0.05) is 11.6 Å². The number of β-amino-alcohol motifs (C(OH)–C–C–N with tert-alkyl or cyclic N) is 1. The van der Waals surface area contributed by atoms with Gasteiger partial charge in [-0.15, -0.1) is 0 Å². The molecule has 5 rings (SSSR count). The van der Waals surface area contributed by atoms with Gasteiger partial charge < -0.3 is 30.6 Å². The molecule has 1 unspecified atom stereocenters. The summed E-state index contributed by atoms with van der Waals surface area (Å²) in [5.74, 6) is 0.195. The van der Waals surface area contributed by atoms with Crippen molar-refractivity contribution < 1.29 is 24.2 Å². The van der Waals surface area contributed by atoms with Crippen LogP contribution in [0.3, 0.4) is 0 Å². The van der Waals surface area contributed by atoms with Crippen LogP contribution in [0.5, 0.6) is 5.75 Å². The molecule has 0 aromatic carbocycles. The Morgan fingerprint density at radius 1 is 1.25 bits per heavy atom. The van der Waals surface area contributed by atoms with Crippen molar-refractivity contribution in [3.8, 4) is 5.75 Å². The van der Waals surface area contributed by atoms with E-state index < -0.39 is 6.10 Å². The number of ether oxygens (including phenoxy) is 2. The van der Waals surface area contributed by atoms with Gasteiger partial charge >= 0.3 is 0 Å². The number of aliphatic hydroxyl groups is 1. The number of amides is 2. The molecular weight excluding hydrogens is 588 g/mol. The van der Waals surface area contributed by atoms with E-state index in [1.165, 1.54) is 4.90 Å². The minimum absolute atomic E-state index is 0.0360. The molecule has 0 saturated carbocycles. The molecule has 0 bridgehead atoms. The molecule has 1 atom stereocenters. The lowest BCUT2D eigenvalue weighted by molar-refractivity contribution is -0.113. The second-order valence-electron chi connectivity index (χ2n) is 11.0. The van der Waals surface area contributed by atoms with Crippen molar-refractivity contribution >= 4 is 46.8 Å². The maximum absolute atomic E-state index is 13.9. The summed E-state index contributed by atoms with van der Waals surface area (Å²) in [7, 11) is 1.59. The smallest absolute Gasteiger partial charge is 0.260 e. The van der Waals surface area contributed by atoms with Gasteiger partial charge in [-0.25, -0.2) is 4.98 Å². The molecule has 0 aliphatic carbocycles. The number of aromatic nitrogens is 4. The summed E-state index contributed by atoms with van der Waals surface area (Å²) in [6.07, 6.45) is 2.62. The van der Waals surface area contributed by atoms with E-state index in [4.69, 9.17) is 26.8 Å². The number of nitrogen functional groups attached to an aromatic ring is 1. The third-order valence-electron chi connectivity index (χ3n) is 7.98. The number of carbonyl (C=O) groups excluding carboxylic acids is 2. The van der Waals surface area contributed by atoms with Gasteiger partial charge in [0.1, 0.15) is 10.9 Å². The number of rotatable bonds is 9. The van der Waals surface area contributed by atoms with Crippen LogP contribution in [0, 0.1) is 27.7 Å². The molecule has 2 aliphatic heterocycles. The SMILES string of the molecule is COc1c(C)cnc(CN2C(=O)C(=Cc3[nH]c(C)c(C(=O)NCC(O)CN4CCOCC4)c3C)c3c(Cl)nc(N)nc32)c1C. The van der Waals surface area contributed by atoms with E-state index in [0.717, 1.165) is 24.2 Å². The van der Waals surface area contributed by atoms with Crippen molar-refractivity contribution in [1.29, 1.82) is 0 Å². The molecule has 0 radical (unpaired) electrons. The summed E-state index contributed by atoms with van der Waals surface area (Å²) in [5, 5.41) is 13.4. The first-order valence-electron chi connectivity index (χ1n) is 14.3. The number of nitrogens with zero attached hydrogens (tertiary/aromatic N) is 5. The van der Waals surface area contributed by atoms with Crippen LogP contribution in [0.25, 0.3) is 11.6 Å². The normalized spacial score (nSPS) is 16.8. The maximum atomic E-state index is 13.9. The Balaban J connectivity index is 1.42. The highest BCUT2D eigenvalue weighted by Crippen LogP contribution is 2.42. The van der Waals surface area contributed by atoms with Crippen LogP contribution in [-0.2, 0) is 16.1 Å². The molecule has 44 heavy (non-hydrogen) atoms. The molecule has 5 heterocycles. The molecule has 5 N–H and O–H groups in total. The molecule has 13 nitrogen and oxygen atoms in total. The second-order valence-corrected chi connectivity index (χ2v) is 11.4. The Hall–Kier alpha value is -4.04. The minimum atomic E-state index is -0.724. The Bertz CT molecular complexity index is 1630. The zero-order valence-corrected chi connectivity index (χ0v) is 26.2. The summed E-state index contributed by atoms with van der Waals surface area (Å²) >= 11 is 6.54. The number of nitrogens with two attached hydrogens (primary N) is 1. The highest BCUT2D eigenvalue weighted by molar-refractivity contribution is 6.41. The molecule has 1 fully saturated rings. The number of anilines is 2. The van der Waals surface area contributed by atoms with Crippen LogP contribution in [0.2, 0.25) is 5.15 Å². The van der Waals surface area contributed by atoms with E-state index in [1.54, 1.807) is 33.2 Å². The highest BCUT2D eigenvalue weighted by atomic mass is 35.5. The second kappa shape index (κ2) is 12.9. The fourth-order valence-corrected chi connectivity index (χ4v) is 6.00. The lowest BCUT2D eigenvalue weighted by Crippen LogP contribution is -2.44. The van der Waals surface area contributed by atoms with Gasteiger partial charge in [0.05, 0.1) is 55.4 Å². The lowest BCUT2D eigenvalue weighted by Gasteiger charge is -2.28. The number of H-pyrrole nitrogens is 1. The third-order valence-corrected chi connectivity index (χ3v) is 8.26. The number of halogens is 1. The number of aliphatic hydroxyl groups excluding tert-OH is 1. The zero-order chi connectivity index (χ0) is 31.7. The number of aromatic amines is 1. The molecule has 1 saturated heterocycles. The van der Waals surface area contributed by atoms with Gasteiger partial charge in [-0.05, 0) is 39.3 Å². The van der Waals surface area contributed by atoms with Crippen LogP contribution in [0.15, 0.2) is 6.20 Å². The number of fused-ring (bicyclic) bond motifs is 1. The highest BCUT2D eigenvalue weighted by Gasteiger charge is 2.38. The Labute approximate surface area is 260 Å². The number of hydrogen-bond donors (Lipinski definition) is 4. The fourth-order valence-electron chi connectivity index (χ4n) is 5.72. The zero-order valence-electron chi connectivity index (χ0n) is 25.5. The first kappa shape index (κ1) is 31.4. The molecule has 3 aromatic rings.